The Morgan fingerprint density at radius 3 is 2.76 bits per heavy atom. The number of rotatable bonds is 4. The van der Waals surface area contributed by atoms with Crippen molar-refractivity contribution in [2.45, 2.75) is 25.8 Å². The highest BCUT2D eigenvalue weighted by Gasteiger charge is 2.29. The first-order valence-electron chi connectivity index (χ1n) is 7.27. The number of nitrogens with one attached hydrogen (secondary N) is 2. The summed E-state index contributed by atoms with van der Waals surface area (Å²) in [5.41, 5.74) is 1.42. The molecule has 21 heavy (non-hydrogen) atoms. The van der Waals surface area contributed by atoms with Gasteiger partial charge in [0.2, 0.25) is 5.91 Å². The molecule has 5 nitrogen and oxygen atoms in total. The standard InChI is InChI=1S/C16H22N4O/c1-16(2)12-18-8-10-20(16)9-7-15(21)19-14-5-3-13(11-17)4-6-14/h3-6,18H,7-10,12H2,1-2H3,(H,19,21). The number of carbonyl (C=O) groups is 1. The van der Waals surface area contributed by atoms with Crippen LogP contribution in [0.25, 0.3) is 0 Å². The lowest BCUT2D eigenvalue weighted by atomic mass is 10.00. The van der Waals surface area contributed by atoms with Crippen molar-refractivity contribution in [2.75, 3.05) is 31.5 Å². The van der Waals surface area contributed by atoms with Crippen LogP contribution in [0.5, 0.6) is 0 Å². The van der Waals surface area contributed by atoms with E-state index in [9.17, 15) is 4.79 Å². The lowest BCUT2D eigenvalue weighted by Gasteiger charge is -2.42. The summed E-state index contributed by atoms with van der Waals surface area (Å²) in [5, 5.41) is 15.0. The first-order chi connectivity index (χ1) is 10.0. The molecule has 112 valence electrons. The van der Waals surface area contributed by atoms with E-state index < -0.39 is 0 Å². The van der Waals surface area contributed by atoms with Crippen LogP contribution in [0.2, 0.25) is 0 Å². The normalized spacial score (nSPS) is 18.0. The van der Waals surface area contributed by atoms with E-state index in [-0.39, 0.29) is 11.4 Å². The fourth-order valence-corrected chi connectivity index (χ4v) is 2.53. The zero-order chi connectivity index (χ0) is 15.3. The SMILES string of the molecule is CC1(C)CNCCN1CCC(=O)Nc1ccc(C#N)cc1. The van der Waals surface area contributed by atoms with Gasteiger partial charge in [-0.2, -0.15) is 5.26 Å². The van der Waals surface area contributed by atoms with Gasteiger partial charge in [0, 0.05) is 43.8 Å². The molecule has 1 aliphatic heterocycles. The maximum Gasteiger partial charge on any atom is 0.225 e. The maximum absolute atomic E-state index is 12.0. The predicted octanol–water partition coefficient (Wildman–Crippen LogP) is 1.57. The zero-order valence-electron chi connectivity index (χ0n) is 12.6. The predicted molar refractivity (Wildman–Crippen MR) is 82.9 cm³/mol. The molecule has 0 radical (unpaired) electrons. The summed E-state index contributed by atoms with van der Waals surface area (Å²) in [6.07, 6.45) is 0.476. The summed E-state index contributed by atoms with van der Waals surface area (Å²) in [7, 11) is 0. The Bertz CT molecular complexity index is 530. The fraction of sp³-hybridized carbons (Fsp3) is 0.500. The van der Waals surface area contributed by atoms with Gasteiger partial charge in [-0.05, 0) is 38.1 Å². The van der Waals surface area contributed by atoms with Crippen LogP contribution in [0.3, 0.4) is 0 Å². The molecular weight excluding hydrogens is 264 g/mol. The van der Waals surface area contributed by atoms with Crippen molar-refractivity contribution in [3.63, 3.8) is 0 Å². The van der Waals surface area contributed by atoms with Crippen molar-refractivity contribution in [1.82, 2.24) is 10.2 Å². The van der Waals surface area contributed by atoms with Crippen molar-refractivity contribution in [1.29, 1.82) is 5.26 Å². The highest BCUT2D eigenvalue weighted by Crippen LogP contribution is 2.16. The Kier molecular flexibility index (Phi) is 4.94. The average Bonchev–Trinajstić information content (AvgIpc) is 2.46. The van der Waals surface area contributed by atoms with Crippen molar-refractivity contribution < 1.29 is 4.79 Å². The summed E-state index contributed by atoms with van der Waals surface area (Å²) in [5.74, 6) is 0.00837. The molecule has 2 N–H and O–H groups in total. The van der Waals surface area contributed by atoms with E-state index >= 15 is 0 Å². The lowest BCUT2D eigenvalue weighted by molar-refractivity contribution is -0.116. The Morgan fingerprint density at radius 1 is 1.43 bits per heavy atom. The molecule has 0 spiro atoms. The number of benzene rings is 1. The topological polar surface area (TPSA) is 68.2 Å². The summed E-state index contributed by atoms with van der Waals surface area (Å²) in [4.78, 5) is 14.4. The monoisotopic (exact) mass is 286 g/mol. The van der Waals surface area contributed by atoms with Gasteiger partial charge in [-0.25, -0.2) is 0 Å². The van der Waals surface area contributed by atoms with E-state index in [2.05, 4.69) is 35.5 Å². The highest BCUT2D eigenvalue weighted by molar-refractivity contribution is 5.90. The lowest BCUT2D eigenvalue weighted by Crippen LogP contribution is -2.58. The van der Waals surface area contributed by atoms with Crippen LogP contribution >= 0.6 is 0 Å². The molecule has 0 aliphatic carbocycles. The second kappa shape index (κ2) is 6.70. The molecule has 1 saturated heterocycles. The van der Waals surface area contributed by atoms with Gasteiger partial charge >= 0.3 is 0 Å². The molecule has 1 aromatic carbocycles. The Morgan fingerprint density at radius 2 is 2.14 bits per heavy atom. The van der Waals surface area contributed by atoms with Gasteiger partial charge in [-0.1, -0.05) is 0 Å². The van der Waals surface area contributed by atoms with Gasteiger partial charge in [0.05, 0.1) is 11.6 Å². The van der Waals surface area contributed by atoms with Crippen LogP contribution < -0.4 is 10.6 Å². The molecule has 1 fully saturated rings. The van der Waals surface area contributed by atoms with E-state index in [4.69, 9.17) is 5.26 Å². The third-order valence-corrected chi connectivity index (χ3v) is 3.88. The second-order valence-electron chi connectivity index (χ2n) is 5.96. The summed E-state index contributed by atoms with van der Waals surface area (Å²) < 4.78 is 0. The maximum atomic E-state index is 12.0. The van der Waals surface area contributed by atoms with E-state index in [1.165, 1.54) is 0 Å². The number of amides is 1. The Balaban J connectivity index is 1.83. The second-order valence-corrected chi connectivity index (χ2v) is 5.96. The minimum atomic E-state index is 0.00837. The van der Waals surface area contributed by atoms with Crippen LogP contribution in [-0.2, 0) is 4.79 Å². The summed E-state index contributed by atoms with van der Waals surface area (Å²) in [6, 6.07) is 8.98. The molecule has 1 aromatic rings. The molecule has 2 rings (SSSR count). The van der Waals surface area contributed by atoms with Crippen molar-refractivity contribution in [3.8, 4) is 6.07 Å². The molecule has 0 saturated carbocycles. The largest absolute Gasteiger partial charge is 0.326 e. The molecule has 0 bridgehead atoms. The van der Waals surface area contributed by atoms with E-state index in [0.717, 1.165) is 31.9 Å². The number of nitrogens with zero attached hydrogens (tertiary/aromatic N) is 2. The molecule has 1 amide bonds. The molecule has 1 aliphatic rings. The van der Waals surface area contributed by atoms with Crippen molar-refractivity contribution in [2.24, 2.45) is 0 Å². The van der Waals surface area contributed by atoms with Gasteiger partial charge in [0.15, 0.2) is 0 Å². The van der Waals surface area contributed by atoms with Crippen molar-refractivity contribution >= 4 is 11.6 Å². The Labute approximate surface area is 125 Å². The summed E-state index contributed by atoms with van der Waals surface area (Å²) >= 11 is 0. The number of piperazine rings is 1. The Hall–Kier alpha value is -1.90. The molecule has 1 heterocycles. The molecule has 5 heteroatoms. The van der Waals surface area contributed by atoms with Gasteiger partial charge < -0.3 is 10.6 Å². The van der Waals surface area contributed by atoms with E-state index in [0.29, 0.717) is 12.0 Å². The van der Waals surface area contributed by atoms with Gasteiger partial charge in [-0.15, -0.1) is 0 Å². The van der Waals surface area contributed by atoms with Gasteiger partial charge in [0.25, 0.3) is 0 Å². The third kappa shape index (κ3) is 4.28. The van der Waals surface area contributed by atoms with Crippen LogP contribution in [0.1, 0.15) is 25.8 Å². The molecular formula is C16H22N4O. The third-order valence-electron chi connectivity index (χ3n) is 3.88. The number of carbonyl (C=O) groups excluding carboxylic acids is 1. The first-order valence-corrected chi connectivity index (χ1v) is 7.27. The van der Waals surface area contributed by atoms with E-state index in [1.807, 2.05) is 0 Å². The van der Waals surface area contributed by atoms with Gasteiger partial charge in [-0.3, -0.25) is 9.69 Å². The average molecular weight is 286 g/mol. The fourth-order valence-electron chi connectivity index (χ4n) is 2.53. The minimum Gasteiger partial charge on any atom is -0.326 e. The molecule has 0 atom stereocenters. The van der Waals surface area contributed by atoms with Crippen LogP contribution in [0, 0.1) is 11.3 Å². The summed E-state index contributed by atoms with van der Waals surface area (Å²) in [6.45, 7) is 8.04. The van der Waals surface area contributed by atoms with Crippen LogP contribution in [-0.4, -0.2) is 42.5 Å². The zero-order valence-corrected chi connectivity index (χ0v) is 12.6. The number of hydrogen-bond acceptors (Lipinski definition) is 4. The van der Waals surface area contributed by atoms with Crippen molar-refractivity contribution in [3.05, 3.63) is 29.8 Å². The minimum absolute atomic E-state index is 0.00837. The highest BCUT2D eigenvalue weighted by atomic mass is 16.1. The first kappa shape index (κ1) is 15.5. The molecule has 0 aromatic heterocycles. The smallest absolute Gasteiger partial charge is 0.225 e. The number of hydrogen-bond donors (Lipinski definition) is 2. The van der Waals surface area contributed by atoms with E-state index in [1.54, 1.807) is 24.3 Å². The quantitative estimate of drug-likeness (QED) is 0.881. The van der Waals surface area contributed by atoms with Gasteiger partial charge in [0.1, 0.15) is 0 Å². The number of nitriles is 1. The molecule has 0 unspecified atom stereocenters. The number of anilines is 1. The van der Waals surface area contributed by atoms with Crippen LogP contribution in [0.15, 0.2) is 24.3 Å². The van der Waals surface area contributed by atoms with Crippen LogP contribution in [0.4, 0.5) is 5.69 Å².